The van der Waals surface area contributed by atoms with Gasteiger partial charge < -0.3 is 24.6 Å². The van der Waals surface area contributed by atoms with Gasteiger partial charge in [-0.25, -0.2) is 10.2 Å². The van der Waals surface area contributed by atoms with Gasteiger partial charge in [0.05, 0.1) is 34.1 Å². The summed E-state index contributed by atoms with van der Waals surface area (Å²) in [6, 6.07) is 10.1. The monoisotopic (exact) mass is 441 g/mol. The number of benzene rings is 2. The lowest BCUT2D eigenvalue weighted by atomic mass is 10.1. The molecule has 0 spiro atoms. The van der Waals surface area contributed by atoms with E-state index in [9.17, 15) is 19.5 Å². The first-order valence-corrected chi connectivity index (χ1v) is 9.29. The van der Waals surface area contributed by atoms with Crippen molar-refractivity contribution in [1.29, 1.82) is 0 Å². The van der Waals surface area contributed by atoms with Crippen molar-refractivity contribution in [1.82, 2.24) is 10.7 Å². The predicted octanol–water partition coefficient (Wildman–Crippen LogP) is 1.69. The first-order chi connectivity index (χ1) is 15.4. The smallest absolute Gasteiger partial charge is 0.340 e. The van der Waals surface area contributed by atoms with Gasteiger partial charge in [0, 0.05) is 11.6 Å². The van der Waals surface area contributed by atoms with Crippen molar-refractivity contribution in [3.8, 4) is 17.2 Å². The maximum atomic E-state index is 11.9. The van der Waals surface area contributed by atoms with E-state index >= 15 is 0 Å². The van der Waals surface area contributed by atoms with Crippen molar-refractivity contribution in [2.45, 2.75) is 0 Å². The topological polar surface area (TPSA) is 136 Å². The average molecular weight is 441 g/mol. The highest BCUT2D eigenvalue weighted by Gasteiger charge is 2.20. The summed E-state index contributed by atoms with van der Waals surface area (Å²) in [6.07, 6.45) is 4.05. The third kappa shape index (κ3) is 6.59. The molecule has 32 heavy (non-hydrogen) atoms. The van der Waals surface area contributed by atoms with Crippen LogP contribution in [0.15, 0.2) is 47.6 Å². The van der Waals surface area contributed by atoms with Crippen LogP contribution in [-0.4, -0.2) is 57.0 Å². The molecule has 0 radical (unpaired) electrons. The van der Waals surface area contributed by atoms with Gasteiger partial charge in [0.1, 0.15) is 11.3 Å². The summed E-state index contributed by atoms with van der Waals surface area (Å²) in [7, 11) is 4.27. The van der Waals surface area contributed by atoms with Gasteiger partial charge in [-0.1, -0.05) is 12.1 Å². The Balaban J connectivity index is 1.91. The van der Waals surface area contributed by atoms with E-state index in [1.54, 1.807) is 37.5 Å². The fraction of sp³-hybridized carbons (Fsp3) is 0.182. The molecule has 10 heteroatoms. The Morgan fingerprint density at radius 3 is 2.31 bits per heavy atom. The summed E-state index contributed by atoms with van der Waals surface area (Å²) in [5, 5.41) is 15.6. The third-order valence-corrected chi connectivity index (χ3v) is 4.15. The first kappa shape index (κ1) is 23.9. The minimum Gasteiger partial charge on any atom is -0.497 e. The normalized spacial score (nSPS) is 10.7. The SMILES string of the molecule is COc1ccc(C=CC(=O)NCC(=O)NN=Cc2ccc(OC)c(OC)c2C(=O)O)cc1. The molecule has 2 rings (SSSR count). The summed E-state index contributed by atoms with van der Waals surface area (Å²) in [4.78, 5) is 35.3. The number of hydrogen-bond donors (Lipinski definition) is 3. The molecular formula is C22H23N3O7. The predicted molar refractivity (Wildman–Crippen MR) is 117 cm³/mol. The van der Waals surface area contributed by atoms with E-state index in [2.05, 4.69) is 15.8 Å². The average Bonchev–Trinajstić information content (AvgIpc) is 2.80. The molecule has 2 aromatic carbocycles. The zero-order chi connectivity index (χ0) is 23.5. The molecule has 2 amide bonds. The minimum atomic E-state index is -1.25. The number of carbonyl (C=O) groups excluding carboxylic acids is 2. The highest BCUT2D eigenvalue weighted by Crippen LogP contribution is 2.32. The third-order valence-electron chi connectivity index (χ3n) is 4.15. The van der Waals surface area contributed by atoms with Gasteiger partial charge in [0.15, 0.2) is 11.5 Å². The number of ether oxygens (including phenoxy) is 3. The van der Waals surface area contributed by atoms with Crippen LogP contribution in [0.3, 0.4) is 0 Å². The molecule has 3 N–H and O–H groups in total. The Kier molecular flexibility index (Phi) is 8.78. The fourth-order valence-corrected chi connectivity index (χ4v) is 2.60. The number of hydrazone groups is 1. The molecule has 10 nitrogen and oxygen atoms in total. The first-order valence-electron chi connectivity index (χ1n) is 9.29. The second-order valence-corrected chi connectivity index (χ2v) is 6.19. The summed E-state index contributed by atoms with van der Waals surface area (Å²) in [5.41, 5.74) is 3.04. The number of amides is 2. The lowest BCUT2D eigenvalue weighted by Crippen LogP contribution is -2.34. The van der Waals surface area contributed by atoms with Crippen molar-refractivity contribution in [2.75, 3.05) is 27.9 Å². The summed E-state index contributed by atoms with van der Waals surface area (Å²) in [5.74, 6) is -1.32. The fourth-order valence-electron chi connectivity index (χ4n) is 2.60. The Hall–Kier alpha value is -4.34. The van der Waals surface area contributed by atoms with E-state index < -0.39 is 17.8 Å². The highest BCUT2D eigenvalue weighted by molar-refractivity contribution is 6.02. The van der Waals surface area contributed by atoms with E-state index in [4.69, 9.17) is 14.2 Å². The Labute approximate surface area is 184 Å². The van der Waals surface area contributed by atoms with Crippen LogP contribution in [0.2, 0.25) is 0 Å². The minimum absolute atomic E-state index is 0.0335. The Bertz CT molecular complexity index is 1030. The van der Waals surface area contributed by atoms with E-state index in [-0.39, 0.29) is 29.2 Å². The molecule has 0 saturated heterocycles. The summed E-state index contributed by atoms with van der Waals surface area (Å²) < 4.78 is 15.3. The maximum absolute atomic E-state index is 11.9. The van der Waals surface area contributed by atoms with Gasteiger partial charge in [0.2, 0.25) is 5.91 Å². The Morgan fingerprint density at radius 1 is 1.00 bits per heavy atom. The van der Waals surface area contributed by atoms with Gasteiger partial charge >= 0.3 is 5.97 Å². The number of nitrogens with one attached hydrogen (secondary N) is 2. The number of rotatable bonds is 10. The van der Waals surface area contributed by atoms with Crippen molar-refractivity contribution < 1.29 is 33.7 Å². The van der Waals surface area contributed by atoms with Gasteiger partial charge in [0.25, 0.3) is 5.91 Å². The molecular weight excluding hydrogens is 418 g/mol. The van der Waals surface area contributed by atoms with Crippen LogP contribution in [0.4, 0.5) is 0 Å². The molecule has 0 heterocycles. The number of nitrogens with zero attached hydrogens (tertiary/aromatic N) is 1. The largest absolute Gasteiger partial charge is 0.497 e. The lowest BCUT2D eigenvalue weighted by Gasteiger charge is -2.12. The molecule has 0 saturated carbocycles. The second-order valence-electron chi connectivity index (χ2n) is 6.19. The molecule has 2 aromatic rings. The van der Waals surface area contributed by atoms with Crippen LogP contribution in [0.1, 0.15) is 21.5 Å². The van der Waals surface area contributed by atoms with E-state index in [1.807, 2.05) is 0 Å². The molecule has 0 aromatic heterocycles. The van der Waals surface area contributed by atoms with Crippen LogP contribution in [-0.2, 0) is 9.59 Å². The maximum Gasteiger partial charge on any atom is 0.340 e. The van der Waals surface area contributed by atoms with Crippen molar-refractivity contribution in [3.63, 3.8) is 0 Å². The zero-order valence-electron chi connectivity index (χ0n) is 17.7. The molecule has 0 aliphatic rings. The van der Waals surface area contributed by atoms with Gasteiger partial charge in [-0.15, -0.1) is 0 Å². The van der Waals surface area contributed by atoms with Crippen LogP contribution in [0, 0.1) is 0 Å². The number of carboxylic acid groups (broad SMARTS) is 1. The molecule has 168 valence electrons. The molecule has 0 unspecified atom stereocenters. The molecule has 0 atom stereocenters. The van der Waals surface area contributed by atoms with Crippen LogP contribution >= 0.6 is 0 Å². The molecule has 0 aliphatic carbocycles. The molecule has 0 fully saturated rings. The quantitative estimate of drug-likeness (QED) is 0.290. The van der Waals surface area contributed by atoms with E-state index in [0.717, 1.165) is 11.8 Å². The molecule has 0 bridgehead atoms. The number of aromatic carboxylic acids is 1. The number of methoxy groups -OCH3 is 3. The summed E-state index contributed by atoms with van der Waals surface area (Å²) in [6.45, 7) is -0.319. The number of hydrogen-bond acceptors (Lipinski definition) is 7. The van der Waals surface area contributed by atoms with Crippen LogP contribution in [0.5, 0.6) is 17.2 Å². The van der Waals surface area contributed by atoms with Gasteiger partial charge in [-0.2, -0.15) is 5.10 Å². The van der Waals surface area contributed by atoms with Crippen molar-refractivity contribution in [2.24, 2.45) is 5.10 Å². The van der Waals surface area contributed by atoms with Crippen molar-refractivity contribution in [3.05, 3.63) is 59.2 Å². The zero-order valence-corrected chi connectivity index (χ0v) is 17.7. The standard InChI is InChI=1S/C22H23N3O7/c1-30-16-8-4-14(5-9-16)6-11-18(26)23-13-19(27)25-24-12-15-7-10-17(31-2)21(32-3)20(15)22(28)29/h4-12H,13H2,1-3H3,(H,23,26)(H,25,27)(H,28,29). The molecule has 0 aliphatic heterocycles. The van der Waals surface area contributed by atoms with Crippen LogP contribution in [0.25, 0.3) is 6.08 Å². The van der Waals surface area contributed by atoms with E-state index in [0.29, 0.717) is 5.75 Å². The van der Waals surface area contributed by atoms with Crippen molar-refractivity contribution >= 4 is 30.1 Å². The van der Waals surface area contributed by atoms with E-state index in [1.165, 1.54) is 32.4 Å². The lowest BCUT2D eigenvalue weighted by molar-refractivity contribution is -0.123. The number of carbonyl (C=O) groups is 3. The highest BCUT2D eigenvalue weighted by atomic mass is 16.5. The Morgan fingerprint density at radius 2 is 1.72 bits per heavy atom. The van der Waals surface area contributed by atoms with Gasteiger partial charge in [-0.3, -0.25) is 9.59 Å². The summed E-state index contributed by atoms with van der Waals surface area (Å²) >= 11 is 0. The van der Waals surface area contributed by atoms with Crippen LogP contribution < -0.4 is 25.0 Å². The van der Waals surface area contributed by atoms with Gasteiger partial charge in [-0.05, 0) is 35.9 Å². The second kappa shape index (κ2) is 11.7. The number of carboxylic acids is 1.